The number of carbonyl (C=O) groups is 2. The number of anilines is 1. The smallest absolute Gasteiger partial charge is 0.249 e. The molecule has 1 atom stereocenters. The molecule has 0 saturated heterocycles. The number of rotatable bonds is 7. The molecule has 0 aliphatic rings. The van der Waals surface area contributed by atoms with Crippen LogP contribution in [0.1, 0.15) is 11.1 Å². The Morgan fingerprint density at radius 1 is 1.00 bits per heavy atom. The van der Waals surface area contributed by atoms with Crippen LogP contribution in [-0.4, -0.2) is 29.9 Å². The second-order valence-electron chi connectivity index (χ2n) is 7.72. The molecule has 6 heteroatoms. The molecule has 0 bridgehead atoms. The molecule has 0 spiro atoms. The van der Waals surface area contributed by atoms with Gasteiger partial charge in [0.25, 0.3) is 0 Å². The van der Waals surface area contributed by atoms with Gasteiger partial charge in [-0.15, -0.1) is 0 Å². The number of amides is 2. The quantitative estimate of drug-likeness (QED) is 0.462. The minimum Gasteiger partial charge on any atom is -0.361 e. The van der Waals surface area contributed by atoms with Gasteiger partial charge < -0.3 is 15.2 Å². The van der Waals surface area contributed by atoms with E-state index in [9.17, 15) is 14.0 Å². The Morgan fingerprint density at radius 3 is 2.53 bits per heavy atom. The van der Waals surface area contributed by atoms with E-state index < -0.39 is 11.9 Å². The molecule has 3 aromatic carbocycles. The molecule has 0 aliphatic heterocycles. The standard InChI is InChI=1S/C26H24FN3O2/c1-30(21-11-7-10-20(27)16-21)26(32)24(14-18-8-3-2-4-9-18)29-25(31)15-19-17-28-23-13-6-5-12-22(19)23/h2-13,16-17,24,28H,14-15H2,1H3,(H,29,31)/t24-/m0/s1. The molecule has 2 amide bonds. The lowest BCUT2D eigenvalue weighted by atomic mass is 10.0. The number of nitrogens with one attached hydrogen (secondary N) is 2. The lowest BCUT2D eigenvalue weighted by Crippen LogP contribution is -2.49. The molecular formula is C26H24FN3O2. The van der Waals surface area contributed by atoms with Crippen molar-refractivity contribution in [2.45, 2.75) is 18.9 Å². The summed E-state index contributed by atoms with van der Waals surface area (Å²) in [5, 5.41) is 3.87. The number of aromatic nitrogens is 1. The van der Waals surface area contributed by atoms with Gasteiger partial charge in [0.1, 0.15) is 11.9 Å². The molecule has 0 radical (unpaired) electrons. The van der Waals surface area contributed by atoms with Crippen LogP contribution in [0.4, 0.5) is 10.1 Å². The van der Waals surface area contributed by atoms with Crippen molar-refractivity contribution in [1.82, 2.24) is 10.3 Å². The topological polar surface area (TPSA) is 65.2 Å². The summed E-state index contributed by atoms with van der Waals surface area (Å²) in [6, 6.07) is 22.3. The highest BCUT2D eigenvalue weighted by Crippen LogP contribution is 2.19. The molecular weight excluding hydrogens is 405 g/mol. The highest BCUT2D eigenvalue weighted by atomic mass is 19.1. The predicted molar refractivity (Wildman–Crippen MR) is 124 cm³/mol. The van der Waals surface area contributed by atoms with Crippen LogP contribution >= 0.6 is 0 Å². The van der Waals surface area contributed by atoms with Crippen LogP contribution in [0.3, 0.4) is 0 Å². The van der Waals surface area contributed by atoms with E-state index in [-0.39, 0.29) is 18.2 Å². The largest absolute Gasteiger partial charge is 0.361 e. The average molecular weight is 429 g/mol. The van der Waals surface area contributed by atoms with Gasteiger partial charge in [0.2, 0.25) is 11.8 Å². The van der Waals surface area contributed by atoms with Gasteiger partial charge in [-0.25, -0.2) is 4.39 Å². The number of para-hydroxylation sites is 1. The fourth-order valence-corrected chi connectivity index (χ4v) is 3.79. The van der Waals surface area contributed by atoms with Crippen LogP contribution in [0.2, 0.25) is 0 Å². The van der Waals surface area contributed by atoms with E-state index in [1.807, 2.05) is 60.8 Å². The summed E-state index contributed by atoms with van der Waals surface area (Å²) in [4.78, 5) is 30.8. The van der Waals surface area contributed by atoms with Crippen molar-refractivity contribution in [2.24, 2.45) is 0 Å². The van der Waals surface area contributed by atoms with Gasteiger partial charge in [0, 0.05) is 36.3 Å². The maximum Gasteiger partial charge on any atom is 0.249 e. The number of hydrogen-bond donors (Lipinski definition) is 2. The summed E-state index contributed by atoms with van der Waals surface area (Å²) >= 11 is 0. The first-order valence-corrected chi connectivity index (χ1v) is 10.4. The molecule has 162 valence electrons. The third kappa shape index (κ3) is 4.86. The van der Waals surface area contributed by atoms with Crippen LogP contribution < -0.4 is 10.2 Å². The zero-order chi connectivity index (χ0) is 22.5. The van der Waals surface area contributed by atoms with E-state index in [1.165, 1.54) is 17.0 Å². The molecule has 0 saturated carbocycles. The summed E-state index contributed by atoms with van der Waals surface area (Å²) in [5.41, 5.74) is 3.17. The fraction of sp³-hybridized carbons (Fsp3) is 0.154. The molecule has 2 N–H and O–H groups in total. The van der Waals surface area contributed by atoms with Gasteiger partial charge in [0.15, 0.2) is 0 Å². The summed E-state index contributed by atoms with van der Waals surface area (Å²) in [5.74, 6) is -0.992. The summed E-state index contributed by atoms with van der Waals surface area (Å²) in [6.45, 7) is 0. The molecule has 0 aliphatic carbocycles. The van der Waals surface area contributed by atoms with Crippen molar-refractivity contribution in [2.75, 3.05) is 11.9 Å². The minimum atomic E-state index is -0.789. The highest BCUT2D eigenvalue weighted by Gasteiger charge is 2.26. The Morgan fingerprint density at radius 2 is 1.75 bits per heavy atom. The normalized spacial score (nSPS) is 11.8. The third-order valence-electron chi connectivity index (χ3n) is 5.47. The van der Waals surface area contributed by atoms with Gasteiger partial charge >= 0.3 is 0 Å². The summed E-state index contributed by atoms with van der Waals surface area (Å²) in [6.07, 6.45) is 2.29. The Labute approximate surface area is 185 Å². The summed E-state index contributed by atoms with van der Waals surface area (Å²) < 4.78 is 13.7. The van der Waals surface area contributed by atoms with Crippen molar-refractivity contribution in [1.29, 1.82) is 0 Å². The van der Waals surface area contributed by atoms with E-state index in [0.717, 1.165) is 22.0 Å². The van der Waals surface area contributed by atoms with Crippen LogP contribution in [0.15, 0.2) is 85.1 Å². The van der Waals surface area contributed by atoms with Gasteiger partial charge in [0.05, 0.1) is 6.42 Å². The highest BCUT2D eigenvalue weighted by molar-refractivity contribution is 5.99. The molecule has 5 nitrogen and oxygen atoms in total. The Balaban J connectivity index is 1.54. The van der Waals surface area contributed by atoms with Crippen molar-refractivity contribution in [3.63, 3.8) is 0 Å². The number of likely N-dealkylation sites (N-methyl/N-ethyl adjacent to an activating group) is 1. The Bertz CT molecular complexity index is 1240. The first-order chi connectivity index (χ1) is 15.5. The van der Waals surface area contributed by atoms with Gasteiger partial charge in [-0.1, -0.05) is 54.6 Å². The third-order valence-corrected chi connectivity index (χ3v) is 5.47. The van der Waals surface area contributed by atoms with E-state index in [2.05, 4.69) is 10.3 Å². The monoisotopic (exact) mass is 429 g/mol. The molecule has 1 heterocycles. The van der Waals surface area contributed by atoms with Gasteiger partial charge in [-0.2, -0.15) is 0 Å². The molecule has 0 fully saturated rings. The fourth-order valence-electron chi connectivity index (χ4n) is 3.79. The van der Waals surface area contributed by atoms with E-state index in [4.69, 9.17) is 0 Å². The van der Waals surface area contributed by atoms with E-state index in [0.29, 0.717) is 12.1 Å². The molecule has 4 aromatic rings. The lowest BCUT2D eigenvalue weighted by Gasteiger charge is -2.25. The van der Waals surface area contributed by atoms with Gasteiger partial charge in [-0.05, 0) is 35.4 Å². The SMILES string of the molecule is CN(C(=O)[C@H](Cc1ccccc1)NC(=O)Cc1c[nH]c2ccccc12)c1cccc(F)c1. The maximum atomic E-state index is 13.7. The van der Waals surface area contributed by atoms with Crippen molar-refractivity contribution < 1.29 is 14.0 Å². The second kappa shape index (κ2) is 9.47. The minimum absolute atomic E-state index is 0.145. The lowest BCUT2D eigenvalue weighted by molar-refractivity contribution is -0.127. The maximum absolute atomic E-state index is 13.7. The second-order valence-corrected chi connectivity index (χ2v) is 7.72. The number of halogens is 1. The Hall–Kier alpha value is -3.93. The molecule has 0 unspecified atom stereocenters. The Kier molecular flexibility index (Phi) is 6.31. The van der Waals surface area contributed by atoms with Gasteiger partial charge in [-0.3, -0.25) is 9.59 Å². The molecule has 1 aromatic heterocycles. The van der Waals surface area contributed by atoms with Crippen molar-refractivity contribution >= 4 is 28.4 Å². The van der Waals surface area contributed by atoms with E-state index in [1.54, 1.807) is 19.2 Å². The number of benzene rings is 3. The van der Waals surface area contributed by atoms with Crippen LogP contribution in [-0.2, 0) is 22.4 Å². The van der Waals surface area contributed by atoms with Crippen molar-refractivity contribution in [3.8, 4) is 0 Å². The number of nitrogens with zero attached hydrogens (tertiary/aromatic N) is 1. The average Bonchev–Trinajstić information content (AvgIpc) is 3.21. The predicted octanol–water partition coefficient (Wildman–Crippen LogP) is 4.24. The number of aromatic amines is 1. The van der Waals surface area contributed by atoms with Crippen molar-refractivity contribution in [3.05, 3.63) is 102 Å². The number of fused-ring (bicyclic) bond motifs is 1. The number of H-pyrrole nitrogens is 1. The van der Waals surface area contributed by atoms with Crippen LogP contribution in [0.5, 0.6) is 0 Å². The number of hydrogen-bond acceptors (Lipinski definition) is 2. The molecule has 4 rings (SSSR count). The first-order valence-electron chi connectivity index (χ1n) is 10.4. The van der Waals surface area contributed by atoms with Crippen LogP contribution in [0, 0.1) is 5.82 Å². The first kappa shape index (κ1) is 21.3. The van der Waals surface area contributed by atoms with Crippen LogP contribution in [0.25, 0.3) is 10.9 Å². The zero-order valence-corrected chi connectivity index (χ0v) is 17.7. The number of carbonyl (C=O) groups excluding carboxylic acids is 2. The van der Waals surface area contributed by atoms with E-state index >= 15 is 0 Å². The summed E-state index contributed by atoms with van der Waals surface area (Å²) in [7, 11) is 1.58. The molecule has 32 heavy (non-hydrogen) atoms. The zero-order valence-electron chi connectivity index (χ0n) is 17.7.